The van der Waals surface area contributed by atoms with E-state index in [4.69, 9.17) is 9.47 Å². The predicted octanol–water partition coefficient (Wildman–Crippen LogP) is 0.379. The van der Waals surface area contributed by atoms with Crippen LogP contribution in [0.3, 0.4) is 0 Å². The topological polar surface area (TPSA) is 72.3 Å². The minimum atomic E-state index is -0.271. The van der Waals surface area contributed by atoms with Gasteiger partial charge in [0, 0.05) is 5.69 Å². The van der Waals surface area contributed by atoms with Gasteiger partial charge in [-0.25, -0.2) is 4.79 Å². The van der Waals surface area contributed by atoms with E-state index in [0.717, 1.165) is 24.5 Å². The summed E-state index contributed by atoms with van der Waals surface area (Å²) < 4.78 is 10.1. The Hall–Kier alpha value is -2.28. The second kappa shape index (κ2) is 8.54. The zero-order chi connectivity index (χ0) is 17.5. The summed E-state index contributed by atoms with van der Waals surface area (Å²) in [6, 6.07) is 7.07. The third-order valence-electron chi connectivity index (χ3n) is 4.29. The van der Waals surface area contributed by atoms with Crippen LogP contribution < -0.4 is 15.0 Å². The van der Waals surface area contributed by atoms with Crippen molar-refractivity contribution < 1.29 is 24.0 Å². The van der Waals surface area contributed by atoms with Crippen LogP contribution in [0.4, 0.5) is 10.5 Å². The van der Waals surface area contributed by atoms with E-state index in [0.29, 0.717) is 19.7 Å². The van der Waals surface area contributed by atoms with Gasteiger partial charge in [-0.15, -0.1) is 0 Å². The summed E-state index contributed by atoms with van der Waals surface area (Å²) in [5.74, 6) is 0.724. The molecule has 2 N–H and O–H groups in total. The van der Waals surface area contributed by atoms with Crippen LogP contribution in [0.2, 0.25) is 0 Å². The molecule has 0 saturated carbocycles. The van der Waals surface area contributed by atoms with Gasteiger partial charge < -0.3 is 19.7 Å². The van der Waals surface area contributed by atoms with Crippen molar-refractivity contribution >= 4 is 17.7 Å². The van der Waals surface area contributed by atoms with Crippen molar-refractivity contribution in [1.29, 1.82) is 0 Å². The number of hydrogen-bond donors (Lipinski definition) is 2. The van der Waals surface area contributed by atoms with Crippen molar-refractivity contribution in [3.05, 3.63) is 24.3 Å². The first-order valence-corrected chi connectivity index (χ1v) is 8.26. The SMILES string of the molecule is CCOC(=O)N1CC[NH+]([C@@H](C)C(=O)Nc2ccc(OC)cc2)CC1. The molecule has 1 atom stereocenters. The third-order valence-corrected chi connectivity index (χ3v) is 4.29. The average molecular weight is 336 g/mol. The monoisotopic (exact) mass is 336 g/mol. The van der Waals surface area contributed by atoms with Crippen molar-refractivity contribution in [3.8, 4) is 5.75 Å². The van der Waals surface area contributed by atoms with Crippen LogP contribution in [-0.2, 0) is 9.53 Å². The second-order valence-corrected chi connectivity index (χ2v) is 5.78. The standard InChI is InChI=1S/C17H25N3O4/c1-4-24-17(22)20-11-9-19(10-12-20)13(2)16(21)18-14-5-7-15(23-3)8-6-14/h5-8,13H,4,9-12H2,1-3H3,(H,18,21)/p+1/t13-/m0/s1. The van der Waals surface area contributed by atoms with Gasteiger partial charge in [0.05, 0.1) is 39.9 Å². The zero-order valence-electron chi connectivity index (χ0n) is 14.5. The maximum absolute atomic E-state index is 12.4. The van der Waals surface area contributed by atoms with Gasteiger partial charge in [0.25, 0.3) is 5.91 Å². The summed E-state index contributed by atoms with van der Waals surface area (Å²) >= 11 is 0. The maximum atomic E-state index is 12.4. The molecule has 1 fully saturated rings. The number of ether oxygens (including phenoxy) is 2. The molecule has 0 radical (unpaired) electrons. The third kappa shape index (κ3) is 4.61. The Kier molecular flexibility index (Phi) is 6.43. The van der Waals surface area contributed by atoms with Crippen LogP contribution in [0.25, 0.3) is 0 Å². The molecule has 1 heterocycles. The van der Waals surface area contributed by atoms with Crippen LogP contribution >= 0.6 is 0 Å². The number of quaternary nitrogens is 1. The number of hydrogen-bond acceptors (Lipinski definition) is 4. The summed E-state index contributed by atoms with van der Waals surface area (Å²) in [6.45, 7) is 6.76. The molecule has 1 aliphatic rings. The van der Waals surface area contributed by atoms with Crippen LogP contribution in [0.1, 0.15) is 13.8 Å². The molecule has 7 heteroatoms. The van der Waals surface area contributed by atoms with E-state index >= 15 is 0 Å². The van der Waals surface area contributed by atoms with Crippen LogP contribution in [-0.4, -0.2) is 62.8 Å². The lowest BCUT2D eigenvalue weighted by atomic mass is 10.2. The minimum absolute atomic E-state index is 0.0280. The summed E-state index contributed by atoms with van der Waals surface area (Å²) in [6.07, 6.45) is -0.271. The first kappa shape index (κ1) is 18.1. The van der Waals surface area contributed by atoms with Crippen LogP contribution in [0.15, 0.2) is 24.3 Å². The highest BCUT2D eigenvalue weighted by Gasteiger charge is 2.31. The van der Waals surface area contributed by atoms with E-state index in [2.05, 4.69) is 5.32 Å². The average Bonchev–Trinajstić information content (AvgIpc) is 2.62. The molecule has 132 valence electrons. The number of methoxy groups -OCH3 is 1. The second-order valence-electron chi connectivity index (χ2n) is 5.78. The fraction of sp³-hybridized carbons (Fsp3) is 0.529. The molecule has 1 aromatic rings. The smallest absolute Gasteiger partial charge is 0.410 e. The zero-order valence-corrected chi connectivity index (χ0v) is 14.5. The Bertz CT molecular complexity index is 553. The lowest BCUT2D eigenvalue weighted by Crippen LogP contribution is -3.19. The van der Waals surface area contributed by atoms with Crippen LogP contribution in [0.5, 0.6) is 5.75 Å². The maximum Gasteiger partial charge on any atom is 0.410 e. The van der Waals surface area contributed by atoms with Gasteiger partial charge in [0.1, 0.15) is 5.75 Å². The normalized spacial score (nSPS) is 16.4. The molecular weight excluding hydrogens is 310 g/mol. The van der Waals surface area contributed by atoms with E-state index in [-0.39, 0.29) is 18.0 Å². The van der Waals surface area contributed by atoms with Gasteiger partial charge >= 0.3 is 6.09 Å². The Morgan fingerprint density at radius 1 is 1.25 bits per heavy atom. The number of nitrogens with one attached hydrogen (secondary N) is 2. The Morgan fingerprint density at radius 3 is 2.42 bits per heavy atom. The molecule has 7 nitrogen and oxygen atoms in total. The number of amides is 2. The predicted molar refractivity (Wildman–Crippen MR) is 90.4 cm³/mol. The lowest BCUT2D eigenvalue weighted by molar-refractivity contribution is -0.917. The molecule has 0 bridgehead atoms. The molecular formula is C17H26N3O4+. The van der Waals surface area contributed by atoms with Crippen molar-refractivity contribution in [2.24, 2.45) is 0 Å². The molecule has 24 heavy (non-hydrogen) atoms. The molecule has 0 aliphatic carbocycles. The molecule has 2 rings (SSSR count). The number of anilines is 1. The number of rotatable bonds is 5. The summed E-state index contributed by atoms with van der Waals surface area (Å²) in [5.41, 5.74) is 0.747. The van der Waals surface area contributed by atoms with E-state index in [1.54, 1.807) is 18.9 Å². The quantitative estimate of drug-likeness (QED) is 0.815. The first-order valence-electron chi connectivity index (χ1n) is 8.26. The number of piperazine rings is 1. The highest BCUT2D eigenvalue weighted by molar-refractivity contribution is 5.93. The van der Waals surface area contributed by atoms with Gasteiger partial charge in [-0.2, -0.15) is 0 Å². The van der Waals surface area contributed by atoms with Crippen molar-refractivity contribution in [2.45, 2.75) is 19.9 Å². The highest BCUT2D eigenvalue weighted by atomic mass is 16.6. The lowest BCUT2D eigenvalue weighted by Gasteiger charge is -2.34. The summed E-state index contributed by atoms with van der Waals surface area (Å²) in [5, 5.41) is 2.92. The molecule has 1 saturated heterocycles. The number of carbonyl (C=O) groups excluding carboxylic acids is 2. The van der Waals surface area contributed by atoms with Gasteiger partial charge in [0.2, 0.25) is 0 Å². The van der Waals surface area contributed by atoms with E-state index in [1.165, 1.54) is 4.90 Å². The highest BCUT2D eigenvalue weighted by Crippen LogP contribution is 2.14. The van der Waals surface area contributed by atoms with Gasteiger partial charge in [-0.05, 0) is 38.1 Å². The minimum Gasteiger partial charge on any atom is -0.497 e. The largest absolute Gasteiger partial charge is 0.497 e. The Morgan fingerprint density at radius 2 is 1.88 bits per heavy atom. The molecule has 1 aromatic carbocycles. The Balaban J connectivity index is 1.84. The molecule has 2 amide bonds. The molecule has 0 unspecified atom stereocenters. The van der Waals surface area contributed by atoms with E-state index < -0.39 is 0 Å². The number of nitrogens with zero attached hydrogens (tertiary/aromatic N) is 1. The molecule has 0 spiro atoms. The van der Waals surface area contributed by atoms with Crippen molar-refractivity contribution in [3.63, 3.8) is 0 Å². The van der Waals surface area contributed by atoms with Crippen molar-refractivity contribution in [1.82, 2.24) is 4.90 Å². The van der Waals surface area contributed by atoms with E-state index in [9.17, 15) is 9.59 Å². The Labute approximate surface area is 142 Å². The fourth-order valence-electron chi connectivity index (χ4n) is 2.73. The van der Waals surface area contributed by atoms with Crippen LogP contribution in [0, 0.1) is 0 Å². The molecule has 1 aliphatic heterocycles. The van der Waals surface area contributed by atoms with Gasteiger partial charge in [0.15, 0.2) is 6.04 Å². The van der Waals surface area contributed by atoms with Crippen molar-refractivity contribution in [2.75, 3.05) is 45.2 Å². The number of benzene rings is 1. The molecule has 0 aromatic heterocycles. The first-order chi connectivity index (χ1) is 11.5. The van der Waals surface area contributed by atoms with Gasteiger partial charge in [-0.1, -0.05) is 0 Å². The summed E-state index contributed by atoms with van der Waals surface area (Å²) in [4.78, 5) is 27.0. The fourth-order valence-corrected chi connectivity index (χ4v) is 2.73. The number of carbonyl (C=O) groups is 2. The summed E-state index contributed by atoms with van der Waals surface area (Å²) in [7, 11) is 1.61. The van der Waals surface area contributed by atoms with E-state index in [1.807, 2.05) is 31.2 Å². The van der Waals surface area contributed by atoms with Gasteiger partial charge in [-0.3, -0.25) is 9.69 Å².